The summed E-state index contributed by atoms with van der Waals surface area (Å²) in [4.78, 5) is 0. The highest BCUT2D eigenvalue weighted by Crippen LogP contribution is 2.30. The van der Waals surface area contributed by atoms with Crippen molar-refractivity contribution in [3.63, 3.8) is 0 Å². The van der Waals surface area contributed by atoms with Crippen molar-refractivity contribution in [2.24, 2.45) is 0 Å². The van der Waals surface area contributed by atoms with Crippen LogP contribution in [0.4, 0.5) is 5.13 Å². The molecule has 0 amide bonds. The molecule has 3 aromatic heterocycles. The monoisotopic (exact) mass is 315 g/mol. The number of nitrogens with zero attached hydrogens (tertiary/aromatic N) is 4. The van der Waals surface area contributed by atoms with Gasteiger partial charge in [-0.05, 0) is 24.6 Å². The summed E-state index contributed by atoms with van der Waals surface area (Å²) in [7, 11) is 0. The number of hydrogen-bond donors (Lipinski definition) is 1. The predicted molar refractivity (Wildman–Crippen MR) is 85.7 cm³/mol. The van der Waals surface area contributed by atoms with Gasteiger partial charge in [0, 0.05) is 24.7 Å². The summed E-state index contributed by atoms with van der Waals surface area (Å²) in [5.41, 5.74) is 2.70. The van der Waals surface area contributed by atoms with Gasteiger partial charge in [-0.15, -0.1) is 10.2 Å². The fraction of sp³-hybridized carbons (Fsp3) is 0.214. The van der Waals surface area contributed by atoms with Crippen LogP contribution in [0, 0.1) is 11.3 Å². The van der Waals surface area contributed by atoms with Crippen LogP contribution in [0.3, 0.4) is 0 Å². The molecule has 0 fully saturated rings. The van der Waals surface area contributed by atoms with Crippen molar-refractivity contribution in [3.05, 3.63) is 41.7 Å². The predicted octanol–water partition coefficient (Wildman–Crippen LogP) is 3.39. The fourth-order valence-corrected chi connectivity index (χ4v) is 3.84. The first-order chi connectivity index (χ1) is 10.3. The Morgan fingerprint density at radius 1 is 1.43 bits per heavy atom. The summed E-state index contributed by atoms with van der Waals surface area (Å²) in [5, 5.41) is 21.6. The van der Waals surface area contributed by atoms with Crippen LogP contribution in [-0.4, -0.2) is 21.1 Å². The van der Waals surface area contributed by atoms with Crippen molar-refractivity contribution in [3.8, 4) is 6.07 Å². The average Bonchev–Trinajstić information content (AvgIpc) is 3.09. The molecule has 0 aliphatic heterocycles. The van der Waals surface area contributed by atoms with Gasteiger partial charge in [0.2, 0.25) is 5.13 Å². The first-order valence-electron chi connectivity index (χ1n) is 6.50. The van der Waals surface area contributed by atoms with E-state index >= 15 is 0 Å². The number of thioether (sulfide) groups is 1. The molecule has 1 N–H and O–H groups in total. The quantitative estimate of drug-likeness (QED) is 0.731. The molecule has 0 saturated carbocycles. The second kappa shape index (κ2) is 6.16. The number of hydrogen-bond acceptors (Lipinski definition) is 6. The smallest absolute Gasteiger partial charge is 0.206 e. The second-order valence-electron chi connectivity index (χ2n) is 4.33. The van der Waals surface area contributed by atoms with Gasteiger partial charge in [0.15, 0.2) is 4.34 Å². The largest absolute Gasteiger partial charge is 0.360 e. The molecule has 0 bridgehead atoms. The van der Waals surface area contributed by atoms with E-state index in [1.807, 2.05) is 41.9 Å². The van der Waals surface area contributed by atoms with Gasteiger partial charge in [0.1, 0.15) is 6.07 Å². The average molecular weight is 315 g/mol. The van der Waals surface area contributed by atoms with Gasteiger partial charge >= 0.3 is 0 Å². The van der Waals surface area contributed by atoms with E-state index in [9.17, 15) is 5.26 Å². The van der Waals surface area contributed by atoms with Crippen LogP contribution >= 0.6 is 23.1 Å². The van der Waals surface area contributed by atoms with Crippen LogP contribution in [0.1, 0.15) is 18.1 Å². The van der Waals surface area contributed by atoms with Gasteiger partial charge in [-0.1, -0.05) is 29.2 Å². The first kappa shape index (κ1) is 13.9. The van der Waals surface area contributed by atoms with Crippen LogP contribution in [0.2, 0.25) is 0 Å². The second-order valence-corrected chi connectivity index (χ2v) is 6.53. The fourth-order valence-electron chi connectivity index (χ4n) is 2.05. The summed E-state index contributed by atoms with van der Waals surface area (Å²) >= 11 is 3.14. The molecule has 0 atom stereocenters. The van der Waals surface area contributed by atoms with E-state index in [0.29, 0.717) is 5.75 Å². The molecule has 0 aliphatic rings. The third-order valence-electron chi connectivity index (χ3n) is 2.96. The Kier molecular flexibility index (Phi) is 4.08. The lowest BCUT2D eigenvalue weighted by molar-refractivity contribution is 1.00. The lowest BCUT2D eigenvalue weighted by Crippen LogP contribution is -1.94. The van der Waals surface area contributed by atoms with Crippen LogP contribution < -0.4 is 5.32 Å². The number of fused-ring (bicyclic) bond motifs is 1. The topological polar surface area (TPSA) is 66.0 Å². The highest BCUT2D eigenvalue weighted by atomic mass is 32.2. The van der Waals surface area contributed by atoms with E-state index < -0.39 is 0 Å². The van der Waals surface area contributed by atoms with Gasteiger partial charge in [0.25, 0.3) is 0 Å². The number of aromatic nitrogens is 3. The van der Waals surface area contributed by atoms with Crippen LogP contribution in [0.25, 0.3) is 5.52 Å². The van der Waals surface area contributed by atoms with E-state index in [4.69, 9.17) is 0 Å². The maximum Gasteiger partial charge on any atom is 0.206 e. The lowest BCUT2D eigenvalue weighted by Gasteiger charge is -1.95. The van der Waals surface area contributed by atoms with E-state index in [-0.39, 0.29) is 0 Å². The number of nitriles is 1. The molecular weight excluding hydrogens is 302 g/mol. The highest BCUT2D eigenvalue weighted by molar-refractivity contribution is 8.00. The molecule has 7 heteroatoms. The Balaban J connectivity index is 1.80. The van der Waals surface area contributed by atoms with Gasteiger partial charge in [-0.25, -0.2) is 0 Å². The third kappa shape index (κ3) is 2.86. The van der Waals surface area contributed by atoms with Crippen molar-refractivity contribution >= 4 is 33.7 Å². The molecule has 21 heavy (non-hydrogen) atoms. The molecule has 0 unspecified atom stereocenters. The maximum absolute atomic E-state index is 9.37. The van der Waals surface area contributed by atoms with E-state index in [1.54, 1.807) is 11.8 Å². The van der Waals surface area contributed by atoms with Crippen molar-refractivity contribution < 1.29 is 0 Å². The Morgan fingerprint density at radius 3 is 3.14 bits per heavy atom. The lowest BCUT2D eigenvalue weighted by atomic mass is 10.2. The minimum Gasteiger partial charge on any atom is -0.360 e. The zero-order chi connectivity index (χ0) is 14.7. The molecular formula is C14H13N5S2. The molecule has 0 aromatic carbocycles. The summed E-state index contributed by atoms with van der Waals surface area (Å²) in [6, 6.07) is 8.16. The van der Waals surface area contributed by atoms with E-state index in [2.05, 4.69) is 21.6 Å². The summed E-state index contributed by atoms with van der Waals surface area (Å²) in [6.07, 6.45) is 3.96. The SMILES string of the molecule is CCNc1nnc(SCc2cn3ccccc3c2C#N)s1. The molecule has 5 nitrogen and oxygen atoms in total. The van der Waals surface area contributed by atoms with Crippen LogP contribution in [0.15, 0.2) is 34.9 Å². The van der Waals surface area contributed by atoms with E-state index in [1.165, 1.54) is 11.3 Å². The van der Waals surface area contributed by atoms with Crippen LogP contribution in [0.5, 0.6) is 0 Å². The molecule has 0 spiro atoms. The Morgan fingerprint density at radius 2 is 2.33 bits per heavy atom. The van der Waals surface area contributed by atoms with Crippen molar-refractivity contribution in [1.29, 1.82) is 5.26 Å². The summed E-state index contributed by atoms with van der Waals surface area (Å²) < 4.78 is 2.89. The number of rotatable bonds is 5. The maximum atomic E-state index is 9.37. The van der Waals surface area contributed by atoms with Crippen molar-refractivity contribution in [2.75, 3.05) is 11.9 Å². The number of anilines is 1. The molecule has 0 radical (unpaired) electrons. The molecule has 0 saturated heterocycles. The van der Waals surface area contributed by atoms with Crippen molar-refractivity contribution in [2.45, 2.75) is 17.0 Å². The molecule has 3 aromatic rings. The third-order valence-corrected chi connectivity index (χ3v) is 5.02. The standard InChI is InChI=1S/C14H13N5S2/c1-2-16-13-17-18-14(21-13)20-9-10-8-19-6-4-3-5-12(19)11(10)7-15/h3-6,8H,2,9H2,1H3,(H,16,17). The van der Waals surface area contributed by atoms with Gasteiger partial charge < -0.3 is 9.72 Å². The highest BCUT2D eigenvalue weighted by Gasteiger charge is 2.11. The van der Waals surface area contributed by atoms with Gasteiger partial charge in [0.05, 0.1) is 11.1 Å². The Labute approximate surface area is 130 Å². The molecule has 0 aliphatic carbocycles. The Hall–Kier alpha value is -2.04. The van der Waals surface area contributed by atoms with E-state index in [0.717, 1.165) is 32.7 Å². The first-order valence-corrected chi connectivity index (χ1v) is 8.31. The minimum atomic E-state index is 0.714. The molecule has 3 heterocycles. The Bertz CT molecular complexity index is 799. The van der Waals surface area contributed by atoms with Gasteiger partial charge in [-0.3, -0.25) is 0 Å². The number of pyridine rings is 1. The van der Waals surface area contributed by atoms with Gasteiger partial charge in [-0.2, -0.15) is 5.26 Å². The minimum absolute atomic E-state index is 0.714. The van der Waals surface area contributed by atoms with Crippen molar-refractivity contribution in [1.82, 2.24) is 14.6 Å². The molecule has 3 rings (SSSR count). The normalized spacial score (nSPS) is 10.7. The zero-order valence-electron chi connectivity index (χ0n) is 11.4. The number of nitrogens with one attached hydrogen (secondary N) is 1. The zero-order valence-corrected chi connectivity index (χ0v) is 13.0. The molecule has 106 valence electrons. The van der Waals surface area contributed by atoms with Crippen LogP contribution in [-0.2, 0) is 5.75 Å². The summed E-state index contributed by atoms with van der Waals surface area (Å²) in [5.74, 6) is 0.714. The summed E-state index contributed by atoms with van der Waals surface area (Å²) in [6.45, 7) is 2.86.